The predicted octanol–water partition coefficient (Wildman–Crippen LogP) is 2.52. The summed E-state index contributed by atoms with van der Waals surface area (Å²) in [5, 5.41) is 0.642. The molecule has 0 aliphatic heterocycles. The minimum Gasteiger partial charge on any atom is -0.492 e. The van der Waals surface area contributed by atoms with Gasteiger partial charge < -0.3 is 4.74 Å². The van der Waals surface area contributed by atoms with Gasteiger partial charge in [0.2, 0.25) is 0 Å². The lowest BCUT2D eigenvalue weighted by atomic mass is 10.1. The SMILES string of the molecule is CCOc1cncc(C(CSC(C)CC)NN)c1. The number of hydrogen-bond donors (Lipinski definition) is 2. The van der Waals surface area contributed by atoms with E-state index >= 15 is 0 Å². The molecule has 0 radical (unpaired) electrons. The third kappa shape index (κ3) is 4.84. The van der Waals surface area contributed by atoms with Gasteiger partial charge in [0, 0.05) is 17.2 Å². The summed E-state index contributed by atoms with van der Waals surface area (Å²) in [6, 6.07) is 2.11. The van der Waals surface area contributed by atoms with E-state index in [1.165, 1.54) is 6.42 Å². The Morgan fingerprint density at radius 2 is 2.22 bits per heavy atom. The number of aromatic nitrogens is 1. The van der Waals surface area contributed by atoms with Crippen LogP contribution < -0.4 is 16.0 Å². The Hall–Kier alpha value is -0.780. The Morgan fingerprint density at radius 1 is 1.44 bits per heavy atom. The molecule has 5 heteroatoms. The molecule has 0 aliphatic carbocycles. The van der Waals surface area contributed by atoms with E-state index in [-0.39, 0.29) is 6.04 Å². The molecule has 1 rings (SSSR count). The molecule has 18 heavy (non-hydrogen) atoms. The number of nitrogens with two attached hydrogens (primary N) is 1. The van der Waals surface area contributed by atoms with Gasteiger partial charge in [-0.3, -0.25) is 16.3 Å². The highest BCUT2D eigenvalue weighted by Gasteiger charge is 2.12. The fourth-order valence-electron chi connectivity index (χ4n) is 1.49. The standard InChI is InChI=1S/C13H23N3OS/c1-4-10(3)18-9-13(16-14)11-6-12(17-5-2)8-15-7-11/h6-8,10,13,16H,4-5,9,14H2,1-3H3. The fourth-order valence-corrected chi connectivity index (χ4v) is 2.54. The van der Waals surface area contributed by atoms with Crippen LogP contribution in [0.4, 0.5) is 0 Å². The minimum absolute atomic E-state index is 0.108. The van der Waals surface area contributed by atoms with E-state index < -0.39 is 0 Å². The molecule has 0 amide bonds. The number of nitrogens with one attached hydrogen (secondary N) is 1. The lowest BCUT2D eigenvalue weighted by Gasteiger charge is -2.18. The van der Waals surface area contributed by atoms with Crippen LogP contribution in [0.5, 0.6) is 5.75 Å². The van der Waals surface area contributed by atoms with Gasteiger partial charge in [-0.25, -0.2) is 0 Å². The number of hydrazine groups is 1. The molecule has 0 bridgehead atoms. The topological polar surface area (TPSA) is 60.2 Å². The third-order valence-corrected chi connectivity index (χ3v) is 4.20. The van der Waals surface area contributed by atoms with Crippen LogP contribution in [0.3, 0.4) is 0 Å². The highest BCUT2D eigenvalue weighted by Crippen LogP contribution is 2.24. The van der Waals surface area contributed by atoms with Gasteiger partial charge in [0.1, 0.15) is 5.75 Å². The van der Waals surface area contributed by atoms with Crippen molar-refractivity contribution in [3.8, 4) is 5.75 Å². The Labute approximate surface area is 114 Å². The van der Waals surface area contributed by atoms with Crippen molar-refractivity contribution in [1.29, 1.82) is 0 Å². The minimum atomic E-state index is 0.108. The Kier molecular flexibility index (Phi) is 7.08. The number of ether oxygens (including phenoxy) is 1. The largest absolute Gasteiger partial charge is 0.492 e. The number of hydrogen-bond acceptors (Lipinski definition) is 5. The molecule has 0 aromatic carbocycles. The highest BCUT2D eigenvalue weighted by molar-refractivity contribution is 7.99. The van der Waals surface area contributed by atoms with E-state index in [9.17, 15) is 0 Å². The van der Waals surface area contributed by atoms with Crippen LogP contribution >= 0.6 is 11.8 Å². The van der Waals surface area contributed by atoms with Crippen LogP contribution in [-0.2, 0) is 0 Å². The average molecular weight is 269 g/mol. The summed E-state index contributed by atoms with van der Waals surface area (Å²) >= 11 is 1.91. The number of thioether (sulfide) groups is 1. The van der Waals surface area contributed by atoms with Crippen molar-refractivity contribution in [1.82, 2.24) is 10.4 Å². The molecular formula is C13H23N3OS. The van der Waals surface area contributed by atoms with Crippen LogP contribution in [0.2, 0.25) is 0 Å². The summed E-state index contributed by atoms with van der Waals surface area (Å²) in [5.74, 6) is 7.35. The third-order valence-electron chi connectivity index (χ3n) is 2.77. The number of pyridine rings is 1. The van der Waals surface area contributed by atoms with Gasteiger partial charge in [-0.05, 0) is 25.0 Å². The first kappa shape index (κ1) is 15.3. The summed E-state index contributed by atoms with van der Waals surface area (Å²) in [7, 11) is 0. The van der Waals surface area contributed by atoms with Crippen molar-refractivity contribution in [3.63, 3.8) is 0 Å². The molecule has 1 aromatic rings. The number of nitrogens with zero attached hydrogens (tertiary/aromatic N) is 1. The van der Waals surface area contributed by atoms with Crippen molar-refractivity contribution in [2.24, 2.45) is 5.84 Å². The molecule has 1 aromatic heterocycles. The van der Waals surface area contributed by atoms with E-state index in [1.807, 2.05) is 30.9 Å². The second-order valence-electron chi connectivity index (χ2n) is 4.16. The molecule has 0 spiro atoms. The predicted molar refractivity (Wildman–Crippen MR) is 77.7 cm³/mol. The molecule has 2 atom stereocenters. The van der Waals surface area contributed by atoms with Gasteiger partial charge in [0.05, 0.1) is 18.8 Å². The molecular weight excluding hydrogens is 246 g/mol. The molecule has 0 aliphatic rings. The lowest BCUT2D eigenvalue weighted by molar-refractivity contribution is 0.338. The second kappa shape index (κ2) is 8.34. The summed E-state index contributed by atoms with van der Waals surface area (Å²) in [5.41, 5.74) is 3.92. The summed E-state index contributed by atoms with van der Waals surface area (Å²) in [6.07, 6.45) is 4.73. The van der Waals surface area contributed by atoms with Crippen molar-refractivity contribution in [3.05, 3.63) is 24.0 Å². The van der Waals surface area contributed by atoms with Gasteiger partial charge in [0.25, 0.3) is 0 Å². The lowest BCUT2D eigenvalue weighted by Crippen LogP contribution is -2.30. The van der Waals surface area contributed by atoms with Gasteiger partial charge >= 0.3 is 0 Å². The van der Waals surface area contributed by atoms with E-state index in [1.54, 1.807) is 6.20 Å². The van der Waals surface area contributed by atoms with E-state index in [4.69, 9.17) is 10.6 Å². The van der Waals surface area contributed by atoms with Gasteiger partial charge in [0.15, 0.2) is 0 Å². The first-order valence-corrected chi connectivity index (χ1v) is 7.41. The van der Waals surface area contributed by atoms with Gasteiger partial charge in [-0.15, -0.1) is 0 Å². The van der Waals surface area contributed by atoms with E-state index in [2.05, 4.69) is 24.3 Å². The van der Waals surface area contributed by atoms with Crippen molar-refractivity contribution >= 4 is 11.8 Å². The molecule has 0 saturated carbocycles. The quantitative estimate of drug-likeness (QED) is 0.561. The Balaban J connectivity index is 2.66. The van der Waals surface area contributed by atoms with Crippen molar-refractivity contribution in [2.75, 3.05) is 12.4 Å². The molecule has 0 fully saturated rings. The zero-order valence-corrected chi connectivity index (χ0v) is 12.2. The van der Waals surface area contributed by atoms with Crippen LogP contribution in [0.1, 0.15) is 38.8 Å². The molecule has 2 unspecified atom stereocenters. The summed E-state index contributed by atoms with van der Waals surface area (Å²) in [6.45, 7) is 7.03. The van der Waals surface area contributed by atoms with Crippen molar-refractivity contribution < 1.29 is 4.74 Å². The van der Waals surface area contributed by atoms with Crippen molar-refractivity contribution in [2.45, 2.75) is 38.5 Å². The monoisotopic (exact) mass is 269 g/mol. The zero-order valence-electron chi connectivity index (χ0n) is 11.3. The van der Waals surface area contributed by atoms with Gasteiger partial charge in [-0.2, -0.15) is 11.8 Å². The first-order valence-electron chi connectivity index (χ1n) is 6.36. The maximum absolute atomic E-state index is 5.62. The van der Waals surface area contributed by atoms with E-state index in [0.717, 1.165) is 17.1 Å². The zero-order chi connectivity index (χ0) is 13.4. The molecule has 4 nitrogen and oxygen atoms in total. The fraction of sp³-hybridized carbons (Fsp3) is 0.615. The molecule has 1 heterocycles. The average Bonchev–Trinajstić information content (AvgIpc) is 2.40. The second-order valence-corrected chi connectivity index (χ2v) is 5.63. The van der Waals surface area contributed by atoms with Gasteiger partial charge in [-0.1, -0.05) is 13.8 Å². The maximum atomic E-state index is 5.62. The molecule has 3 N–H and O–H groups in total. The Bertz CT molecular complexity index is 349. The maximum Gasteiger partial charge on any atom is 0.137 e. The smallest absolute Gasteiger partial charge is 0.137 e. The first-order chi connectivity index (χ1) is 8.71. The van der Waals surface area contributed by atoms with E-state index in [0.29, 0.717) is 11.9 Å². The summed E-state index contributed by atoms with van der Waals surface area (Å²) in [4.78, 5) is 4.19. The van der Waals surface area contributed by atoms with Crippen LogP contribution in [0.25, 0.3) is 0 Å². The number of rotatable bonds is 8. The highest BCUT2D eigenvalue weighted by atomic mass is 32.2. The van der Waals surface area contributed by atoms with Crippen LogP contribution in [0, 0.1) is 0 Å². The van der Waals surface area contributed by atoms with Crippen LogP contribution in [0.15, 0.2) is 18.5 Å². The normalized spacial score (nSPS) is 14.2. The molecule has 102 valence electrons. The summed E-state index contributed by atoms with van der Waals surface area (Å²) < 4.78 is 5.45. The van der Waals surface area contributed by atoms with Crippen LogP contribution in [-0.4, -0.2) is 22.6 Å². The Morgan fingerprint density at radius 3 is 2.83 bits per heavy atom. The molecule has 0 saturated heterocycles.